The molecule has 0 saturated carbocycles. The maximum Gasteiger partial charge on any atom is 0.122 e. The third-order valence-electron chi connectivity index (χ3n) is 4.50. The molecule has 1 N–H and O–H groups in total. The van der Waals surface area contributed by atoms with Gasteiger partial charge in [0.2, 0.25) is 0 Å². The normalized spacial score (nSPS) is 15.5. The molecule has 1 aliphatic rings. The van der Waals surface area contributed by atoms with Gasteiger partial charge in [0.05, 0.1) is 6.61 Å². The van der Waals surface area contributed by atoms with Gasteiger partial charge in [-0.25, -0.2) is 0 Å². The number of hydrogen-bond donors (Lipinski definition) is 1. The molecule has 2 aromatic carbocycles. The molecule has 1 fully saturated rings. The van der Waals surface area contributed by atoms with Crippen LogP contribution in [0.5, 0.6) is 5.75 Å². The molecule has 1 aliphatic heterocycles. The minimum atomic E-state index is 0.765. The van der Waals surface area contributed by atoms with E-state index in [-0.39, 0.29) is 0 Å². The Morgan fingerprint density at radius 3 is 2.61 bits per heavy atom. The first-order valence-corrected chi connectivity index (χ1v) is 8.85. The largest absolute Gasteiger partial charge is 0.493 e. The summed E-state index contributed by atoms with van der Waals surface area (Å²) < 4.78 is 6.09. The molecular formula is C20H24ClNO. The highest BCUT2D eigenvalue weighted by Gasteiger charge is 2.13. The number of benzene rings is 2. The van der Waals surface area contributed by atoms with Crippen LogP contribution in [0.2, 0.25) is 5.02 Å². The van der Waals surface area contributed by atoms with Crippen LogP contribution in [0.25, 0.3) is 0 Å². The van der Waals surface area contributed by atoms with Gasteiger partial charge in [-0.3, -0.25) is 0 Å². The van der Waals surface area contributed by atoms with Crippen LogP contribution in [-0.2, 0) is 6.42 Å². The van der Waals surface area contributed by atoms with Crippen LogP contribution in [0, 0.1) is 5.92 Å². The molecule has 23 heavy (non-hydrogen) atoms. The number of rotatable bonds is 6. The molecule has 1 heterocycles. The molecule has 122 valence electrons. The van der Waals surface area contributed by atoms with Crippen LogP contribution in [-0.4, -0.2) is 19.7 Å². The highest BCUT2D eigenvalue weighted by atomic mass is 35.5. The molecule has 1 saturated heterocycles. The first kappa shape index (κ1) is 16.4. The maximum atomic E-state index is 6.18. The molecule has 0 aliphatic carbocycles. The quantitative estimate of drug-likeness (QED) is 0.829. The fourth-order valence-corrected chi connectivity index (χ4v) is 3.34. The van der Waals surface area contributed by atoms with E-state index in [0.29, 0.717) is 0 Å². The zero-order chi connectivity index (χ0) is 15.9. The van der Waals surface area contributed by atoms with Crippen LogP contribution in [0.3, 0.4) is 0 Å². The van der Waals surface area contributed by atoms with Crippen LogP contribution in [0.15, 0.2) is 48.5 Å². The summed E-state index contributed by atoms with van der Waals surface area (Å²) in [7, 11) is 0. The van der Waals surface area contributed by atoms with E-state index < -0.39 is 0 Å². The minimum absolute atomic E-state index is 0.765. The Balaban J connectivity index is 1.61. The van der Waals surface area contributed by atoms with Gasteiger partial charge in [0.15, 0.2) is 0 Å². The molecule has 0 radical (unpaired) electrons. The van der Waals surface area contributed by atoms with Crippen LogP contribution < -0.4 is 10.1 Å². The average Bonchev–Trinajstić information content (AvgIpc) is 2.59. The molecule has 2 aromatic rings. The van der Waals surface area contributed by atoms with E-state index in [1.54, 1.807) is 0 Å². The number of piperidine rings is 1. The second-order valence-corrected chi connectivity index (χ2v) is 6.68. The zero-order valence-electron chi connectivity index (χ0n) is 13.4. The van der Waals surface area contributed by atoms with Crippen molar-refractivity contribution in [3.05, 3.63) is 64.7 Å². The van der Waals surface area contributed by atoms with Gasteiger partial charge in [0.1, 0.15) is 5.75 Å². The van der Waals surface area contributed by atoms with E-state index in [1.165, 1.54) is 18.4 Å². The van der Waals surface area contributed by atoms with E-state index in [2.05, 4.69) is 29.6 Å². The summed E-state index contributed by atoms with van der Waals surface area (Å²) in [6.07, 6.45) is 4.51. The molecule has 0 bridgehead atoms. The van der Waals surface area contributed by atoms with E-state index in [4.69, 9.17) is 16.3 Å². The summed E-state index contributed by atoms with van der Waals surface area (Å²) in [5.74, 6) is 1.76. The van der Waals surface area contributed by atoms with Crippen molar-refractivity contribution >= 4 is 11.6 Å². The van der Waals surface area contributed by atoms with Gasteiger partial charge in [0.25, 0.3) is 0 Å². The van der Waals surface area contributed by atoms with Gasteiger partial charge in [-0.1, -0.05) is 41.9 Å². The summed E-state index contributed by atoms with van der Waals surface area (Å²) in [6, 6.07) is 16.4. The lowest BCUT2D eigenvalue weighted by Gasteiger charge is -2.22. The van der Waals surface area contributed by atoms with Gasteiger partial charge in [-0.15, -0.1) is 0 Å². The lowest BCUT2D eigenvalue weighted by molar-refractivity contribution is 0.250. The molecule has 0 aromatic heterocycles. The number of hydrogen-bond acceptors (Lipinski definition) is 2. The third kappa shape index (κ3) is 4.98. The van der Waals surface area contributed by atoms with Crippen molar-refractivity contribution in [2.75, 3.05) is 19.7 Å². The van der Waals surface area contributed by atoms with Crippen LogP contribution in [0.1, 0.15) is 30.4 Å². The molecular weight excluding hydrogens is 306 g/mol. The summed E-state index contributed by atoms with van der Waals surface area (Å²) >= 11 is 6.18. The second kappa shape index (κ2) is 8.37. The predicted molar refractivity (Wildman–Crippen MR) is 96.4 cm³/mol. The van der Waals surface area contributed by atoms with Crippen molar-refractivity contribution in [3.8, 4) is 5.75 Å². The minimum Gasteiger partial charge on any atom is -0.493 e. The zero-order valence-corrected chi connectivity index (χ0v) is 14.2. The van der Waals surface area contributed by atoms with Crippen molar-refractivity contribution in [1.29, 1.82) is 0 Å². The predicted octanol–water partition coefficient (Wildman–Crippen LogP) is 4.70. The third-order valence-corrected chi connectivity index (χ3v) is 4.74. The standard InChI is InChI=1S/C20H24ClNO/c21-19-6-7-20(23-13-10-16-8-11-22-12-9-16)18(15-19)14-17-4-2-1-3-5-17/h1-7,15-16,22H,8-14H2. The van der Waals surface area contributed by atoms with E-state index in [0.717, 1.165) is 54.8 Å². The topological polar surface area (TPSA) is 21.3 Å². The molecule has 0 amide bonds. The Morgan fingerprint density at radius 1 is 1.04 bits per heavy atom. The SMILES string of the molecule is Clc1ccc(OCCC2CCNCC2)c(Cc2ccccc2)c1. The highest BCUT2D eigenvalue weighted by Crippen LogP contribution is 2.26. The van der Waals surface area contributed by atoms with Crippen molar-refractivity contribution in [2.24, 2.45) is 5.92 Å². The Hall–Kier alpha value is -1.51. The monoisotopic (exact) mass is 329 g/mol. The molecule has 3 rings (SSSR count). The Morgan fingerprint density at radius 2 is 1.83 bits per heavy atom. The smallest absolute Gasteiger partial charge is 0.122 e. The van der Waals surface area contributed by atoms with Crippen molar-refractivity contribution in [3.63, 3.8) is 0 Å². The molecule has 0 unspecified atom stereocenters. The van der Waals surface area contributed by atoms with Gasteiger partial charge in [-0.05, 0) is 67.6 Å². The fourth-order valence-electron chi connectivity index (χ4n) is 3.15. The first-order chi connectivity index (χ1) is 11.3. The number of ether oxygens (including phenoxy) is 1. The highest BCUT2D eigenvalue weighted by molar-refractivity contribution is 6.30. The Kier molecular flexibility index (Phi) is 5.95. The van der Waals surface area contributed by atoms with Crippen molar-refractivity contribution < 1.29 is 4.74 Å². The number of nitrogens with one attached hydrogen (secondary N) is 1. The molecule has 0 spiro atoms. The summed E-state index contributed by atoms with van der Waals surface area (Å²) in [6.45, 7) is 3.07. The summed E-state index contributed by atoms with van der Waals surface area (Å²) in [4.78, 5) is 0. The summed E-state index contributed by atoms with van der Waals surface area (Å²) in [5, 5.41) is 4.18. The van der Waals surface area contributed by atoms with Crippen molar-refractivity contribution in [2.45, 2.75) is 25.7 Å². The van der Waals surface area contributed by atoms with Gasteiger partial charge >= 0.3 is 0 Å². The van der Waals surface area contributed by atoms with E-state index in [1.807, 2.05) is 24.3 Å². The lowest BCUT2D eigenvalue weighted by Crippen LogP contribution is -2.28. The molecule has 2 nitrogen and oxygen atoms in total. The first-order valence-electron chi connectivity index (χ1n) is 8.47. The second-order valence-electron chi connectivity index (χ2n) is 6.24. The molecule has 0 atom stereocenters. The average molecular weight is 330 g/mol. The van der Waals surface area contributed by atoms with Crippen LogP contribution >= 0.6 is 11.6 Å². The van der Waals surface area contributed by atoms with Gasteiger partial charge in [0, 0.05) is 11.4 Å². The van der Waals surface area contributed by atoms with Gasteiger partial charge < -0.3 is 10.1 Å². The van der Waals surface area contributed by atoms with E-state index >= 15 is 0 Å². The van der Waals surface area contributed by atoms with Crippen LogP contribution in [0.4, 0.5) is 0 Å². The fraction of sp³-hybridized carbons (Fsp3) is 0.400. The summed E-state index contributed by atoms with van der Waals surface area (Å²) in [5.41, 5.74) is 2.44. The van der Waals surface area contributed by atoms with E-state index in [9.17, 15) is 0 Å². The Bertz CT molecular complexity index is 608. The maximum absolute atomic E-state index is 6.18. The Labute approximate surface area is 143 Å². The van der Waals surface area contributed by atoms with Crippen molar-refractivity contribution in [1.82, 2.24) is 5.32 Å². The lowest BCUT2D eigenvalue weighted by atomic mass is 9.95. The molecule has 3 heteroatoms. The number of halogens is 1. The van der Waals surface area contributed by atoms with Gasteiger partial charge in [-0.2, -0.15) is 0 Å².